The molecule has 0 fully saturated rings. The van der Waals surface area contributed by atoms with E-state index in [2.05, 4.69) is 120 Å². The first-order chi connectivity index (χ1) is 26.0. The Hall–Kier alpha value is -4.18. The Labute approximate surface area is 332 Å². The summed E-state index contributed by atoms with van der Waals surface area (Å²) in [5.74, 6) is -0.0233. The number of carbonyl (C=O) groups is 2. The summed E-state index contributed by atoms with van der Waals surface area (Å²) in [6.07, 6.45) is 6.25. The van der Waals surface area contributed by atoms with Crippen molar-refractivity contribution < 1.29 is 19.1 Å². The minimum absolute atomic E-state index is 0.0747. The lowest BCUT2D eigenvalue weighted by Crippen LogP contribution is -2.44. The van der Waals surface area contributed by atoms with Crippen LogP contribution in [-0.2, 0) is 25.2 Å². The number of esters is 2. The van der Waals surface area contributed by atoms with Gasteiger partial charge in [-0.25, -0.2) is 0 Å². The zero-order chi connectivity index (χ0) is 40.4. The van der Waals surface area contributed by atoms with E-state index >= 15 is 0 Å². The summed E-state index contributed by atoms with van der Waals surface area (Å²) in [5.41, 5.74) is 8.18. The van der Waals surface area contributed by atoms with Crippen LogP contribution >= 0.6 is 0 Å². The van der Waals surface area contributed by atoms with Gasteiger partial charge in [0, 0.05) is 0 Å². The quantitative estimate of drug-likeness (QED) is 0.0746. The van der Waals surface area contributed by atoms with Gasteiger partial charge in [-0.1, -0.05) is 140 Å². The Kier molecular flexibility index (Phi) is 12.3. The van der Waals surface area contributed by atoms with Gasteiger partial charge in [0.25, 0.3) is 0 Å². The van der Waals surface area contributed by atoms with Crippen molar-refractivity contribution in [2.75, 3.05) is 0 Å². The van der Waals surface area contributed by atoms with Crippen molar-refractivity contribution in [3.8, 4) is 16.9 Å². The standard InChI is InChI=1S/C51H66O4/c1-13-30-47(8,9)41-28-26-37(32-35(41)6)51(42-24-20-18-22-39(42)40-23-19-21-25-43(40)51)38-27-29-44(36(7)33-38)54-45(52)48(10,11)34-50(16-4,17-5)46(53)55-49(12,15-3)31-14-2/h18-29,32-33H,13-17,30-31,34H2,1-12H3. The molecule has 4 aromatic rings. The molecule has 0 aromatic heterocycles. The summed E-state index contributed by atoms with van der Waals surface area (Å²) in [6, 6.07) is 31.0. The maximum absolute atomic E-state index is 14.1. The fraction of sp³-hybridized carbons (Fsp3) is 0.490. The van der Waals surface area contributed by atoms with E-state index in [0.717, 1.165) is 43.2 Å². The third-order valence-corrected chi connectivity index (χ3v) is 13.0. The molecule has 0 aliphatic heterocycles. The number of carbonyl (C=O) groups excluding carboxylic acids is 2. The molecule has 5 rings (SSSR count). The lowest BCUT2D eigenvalue weighted by Gasteiger charge is -2.39. The largest absolute Gasteiger partial charge is 0.459 e. The van der Waals surface area contributed by atoms with Crippen molar-refractivity contribution in [1.29, 1.82) is 0 Å². The number of rotatable bonds is 16. The third kappa shape index (κ3) is 7.68. The van der Waals surface area contributed by atoms with E-state index < -0.39 is 21.8 Å². The van der Waals surface area contributed by atoms with Crippen molar-refractivity contribution >= 4 is 11.9 Å². The van der Waals surface area contributed by atoms with E-state index in [4.69, 9.17) is 9.47 Å². The molecular formula is C51H66O4. The maximum atomic E-state index is 14.1. The zero-order valence-corrected chi connectivity index (χ0v) is 35.9. The first-order valence-electron chi connectivity index (χ1n) is 20.9. The van der Waals surface area contributed by atoms with Crippen molar-refractivity contribution in [2.24, 2.45) is 10.8 Å². The van der Waals surface area contributed by atoms with Gasteiger partial charge in [-0.2, -0.15) is 0 Å². The van der Waals surface area contributed by atoms with Crippen molar-refractivity contribution in [3.63, 3.8) is 0 Å². The van der Waals surface area contributed by atoms with Crippen molar-refractivity contribution in [2.45, 2.75) is 151 Å². The topological polar surface area (TPSA) is 52.6 Å². The lowest BCUT2D eigenvalue weighted by atomic mass is 9.66. The van der Waals surface area contributed by atoms with E-state index in [0.29, 0.717) is 25.0 Å². The lowest BCUT2D eigenvalue weighted by molar-refractivity contribution is -0.176. The monoisotopic (exact) mass is 742 g/mol. The Morgan fingerprint density at radius 3 is 1.64 bits per heavy atom. The first-order valence-corrected chi connectivity index (χ1v) is 20.9. The van der Waals surface area contributed by atoms with Crippen LogP contribution in [0.25, 0.3) is 11.1 Å². The second-order valence-corrected chi connectivity index (χ2v) is 17.9. The molecule has 0 amide bonds. The molecule has 1 aliphatic carbocycles. The molecule has 0 radical (unpaired) electrons. The molecule has 0 saturated heterocycles. The Balaban J connectivity index is 1.55. The van der Waals surface area contributed by atoms with Gasteiger partial charge in [0.1, 0.15) is 11.4 Å². The highest BCUT2D eigenvalue weighted by atomic mass is 16.6. The minimum atomic E-state index is -0.932. The average molecular weight is 743 g/mol. The molecule has 0 spiro atoms. The van der Waals surface area contributed by atoms with Crippen molar-refractivity contribution in [3.05, 3.63) is 124 Å². The van der Waals surface area contributed by atoms with E-state index in [9.17, 15) is 9.59 Å². The van der Waals surface area contributed by atoms with Crippen LogP contribution in [0.1, 0.15) is 160 Å². The van der Waals surface area contributed by atoms with Gasteiger partial charge in [0.05, 0.1) is 16.2 Å². The second-order valence-electron chi connectivity index (χ2n) is 17.9. The van der Waals surface area contributed by atoms with Crippen LogP contribution in [0.4, 0.5) is 0 Å². The van der Waals surface area contributed by atoms with Gasteiger partial charge in [-0.3, -0.25) is 9.59 Å². The molecule has 0 saturated carbocycles. The van der Waals surface area contributed by atoms with Gasteiger partial charge in [-0.15, -0.1) is 0 Å². The molecule has 0 bridgehead atoms. The van der Waals surface area contributed by atoms with Crippen LogP contribution in [0, 0.1) is 24.7 Å². The predicted octanol–water partition coefficient (Wildman–Crippen LogP) is 13.4. The summed E-state index contributed by atoms with van der Waals surface area (Å²) in [6.45, 7) is 25.3. The SMILES string of the molecule is CCCC(C)(CC)OC(=O)C(CC)(CC)CC(C)(C)C(=O)Oc1ccc(C2(c3ccc(C(C)(C)CCC)c(C)c3)c3ccccc3-c3ccccc32)cc1C. The minimum Gasteiger partial charge on any atom is -0.459 e. The molecule has 4 heteroatoms. The first kappa shape index (κ1) is 42.0. The summed E-state index contributed by atoms with van der Waals surface area (Å²) >= 11 is 0. The number of aryl methyl sites for hydroxylation is 2. The summed E-state index contributed by atoms with van der Waals surface area (Å²) in [7, 11) is 0. The highest BCUT2D eigenvalue weighted by molar-refractivity contribution is 5.87. The van der Waals surface area contributed by atoms with Crippen LogP contribution in [0.2, 0.25) is 0 Å². The van der Waals surface area contributed by atoms with Crippen LogP contribution in [0.15, 0.2) is 84.9 Å². The van der Waals surface area contributed by atoms with E-state index in [1.165, 1.54) is 38.9 Å². The fourth-order valence-corrected chi connectivity index (χ4v) is 9.61. The third-order valence-electron chi connectivity index (χ3n) is 13.0. The zero-order valence-electron chi connectivity index (χ0n) is 35.9. The van der Waals surface area contributed by atoms with Gasteiger partial charge in [-0.05, 0) is 135 Å². The highest BCUT2D eigenvalue weighted by Crippen LogP contribution is 2.57. The van der Waals surface area contributed by atoms with E-state index in [-0.39, 0.29) is 17.4 Å². The molecule has 1 atom stereocenters. The summed E-state index contributed by atoms with van der Waals surface area (Å²) < 4.78 is 12.5. The second kappa shape index (κ2) is 16.1. The molecule has 55 heavy (non-hydrogen) atoms. The van der Waals surface area contributed by atoms with Gasteiger partial charge >= 0.3 is 11.9 Å². The molecule has 4 nitrogen and oxygen atoms in total. The molecule has 1 aliphatic rings. The molecule has 294 valence electrons. The molecule has 4 aromatic carbocycles. The molecule has 0 N–H and O–H groups in total. The average Bonchev–Trinajstić information content (AvgIpc) is 3.45. The van der Waals surface area contributed by atoms with Gasteiger partial charge < -0.3 is 9.47 Å². The van der Waals surface area contributed by atoms with Gasteiger partial charge in [0.2, 0.25) is 0 Å². The number of fused-ring (bicyclic) bond motifs is 3. The van der Waals surface area contributed by atoms with Crippen LogP contribution in [-0.4, -0.2) is 17.5 Å². The Bertz CT molecular complexity index is 1970. The number of benzene rings is 4. The summed E-state index contributed by atoms with van der Waals surface area (Å²) in [4.78, 5) is 28.1. The predicted molar refractivity (Wildman–Crippen MR) is 228 cm³/mol. The van der Waals surface area contributed by atoms with Crippen molar-refractivity contribution in [1.82, 2.24) is 0 Å². The normalized spacial score (nSPS) is 14.8. The number of hydrogen-bond donors (Lipinski definition) is 0. The number of hydrogen-bond acceptors (Lipinski definition) is 4. The maximum Gasteiger partial charge on any atom is 0.316 e. The number of ether oxygens (including phenoxy) is 2. The van der Waals surface area contributed by atoms with Crippen LogP contribution in [0.3, 0.4) is 0 Å². The summed E-state index contributed by atoms with van der Waals surface area (Å²) in [5, 5.41) is 0. The molecular weight excluding hydrogens is 677 g/mol. The van der Waals surface area contributed by atoms with Gasteiger partial charge in [0.15, 0.2) is 0 Å². The fourth-order valence-electron chi connectivity index (χ4n) is 9.61. The highest BCUT2D eigenvalue weighted by Gasteiger charge is 2.48. The van der Waals surface area contributed by atoms with E-state index in [1.807, 2.05) is 47.6 Å². The Morgan fingerprint density at radius 2 is 1.15 bits per heavy atom. The Morgan fingerprint density at radius 1 is 0.618 bits per heavy atom. The smallest absolute Gasteiger partial charge is 0.316 e. The molecule has 1 unspecified atom stereocenters. The van der Waals surface area contributed by atoms with Crippen LogP contribution in [0.5, 0.6) is 5.75 Å². The molecule has 0 heterocycles. The van der Waals surface area contributed by atoms with E-state index in [1.54, 1.807) is 0 Å². The van der Waals surface area contributed by atoms with Crippen LogP contribution < -0.4 is 4.74 Å².